The van der Waals surface area contributed by atoms with Crippen molar-refractivity contribution >= 4 is 0 Å². The number of unbranched alkanes of at least 4 members (excludes halogenated alkanes) is 10. The molecule has 128 valence electrons. The Morgan fingerprint density at radius 1 is 0.571 bits per heavy atom. The molecule has 2 N–H and O–H groups in total. The molecule has 0 aromatic heterocycles. The third kappa shape index (κ3) is 13.4. The maximum absolute atomic E-state index is 6.38. The summed E-state index contributed by atoms with van der Waals surface area (Å²) < 4.78 is 0. The Labute approximate surface area is 135 Å². The van der Waals surface area contributed by atoms with Gasteiger partial charge >= 0.3 is 0 Å². The summed E-state index contributed by atoms with van der Waals surface area (Å²) in [7, 11) is 0. The number of nitrogens with two attached hydrogens (primary N) is 1. The van der Waals surface area contributed by atoms with Crippen molar-refractivity contribution in [2.24, 2.45) is 11.7 Å². The van der Waals surface area contributed by atoms with Crippen LogP contribution >= 0.6 is 0 Å². The first kappa shape index (κ1) is 21.0. The van der Waals surface area contributed by atoms with Crippen LogP contribution in [0.25, 0.3) is 0 Å². The second-order valence-electron chi connectivity index (χ2n) is 6.95. The van der Waals surface area contributed by atoms with Crippen LogP contribution in [0.2, 0.25) is 0 Å². The third-order valence-corrected chi connectivity index (χ3v) is 4.95. The predicted molar refractivity (Wildman–Crippen MR) is 97.7 cm³/mol. The van der Waals surface area contributed by atoms with Crippen LogP contribution in [0.15, 0.2) is 0 Å². The van der Waals surface area contributed by atoms with Gasteiger partial charge in [-0.25, -0.2) is 0 Å². The molecule has 2 atom stereocenters. The van der Waals surface area contributed by atoms with Crippen LogP contribution in [-0.2, 0) is 0 Å². The highest BCUT2D eigenvalue weighted by molar-refractivity contribution is 4.72. The molecule has 2 unspecified atom stereocenters. The average Bonchev–Trinajstić information content (AvgIpc) is 2.50. The van der Waals surface area contributed by atoms with E-state index < -0.39 is 0 Å². The molecule has 0 amide bonds. The van der Waals surface area contributed by atoms with E-state index in [9.17, 15) is 0 Å². The molecular weight excluding hydrogens is 254 g/mol. The summed E-state index contributed by atoms with van der Waals surface area (Å²) in [5.41, 5.74) is 6.38. The van der Waals surface area contributed by atoms with Gasteiger partial charge in [-0.05, 0) is 18.8 Å². The van der Waals surface area contributed by atoms with Gasteiger partial charge < -0.3 is 5.73 Å². The molecule has 1 nitrogen and oxygen atoms in total. The molecule has 0 aliphatic rings. The van der Waals surface area contributed by atoms with Gasteiger partial charge in [0.2, 0.25) is 0 Å². The largest absolute Gasteiger partial charge is 0.327 e. The van der Waals surface area contributed by atoms with E-state index in [0.717, 1.165) is 5.92 Å². The van der Waals surface area contributed by atoms with Gasteiger partial charge in [-0.2, -0.15) is 0 Å². The van der Waals surface area contributed by atoms with E-state index in [1.54, 1.807) is 0 Å². The molecule has 1 heteroatoms. The van der Waals surface area contributed by atoms with E-state index in [1.165, 1.54) is 96.3 Å². The molecule has 0 radical (unpaired) electrons. The van der Waals surface area contributed by atoms with Crippen LogP contribution in [0.5, 0.6) is 0 Å². The monoisotopic (exact) mass is 297 g/mol. The second-order valence-corrected chi connectivity index (χ2v) is 6.95. The second kappa shape index (κ2) is 16.3. The first-order valence-corrected chi connectivity index (χ1v) is 10.0. The Bertz CT molecular complexity index is 190. The van der Waals surface area contributed by atoms with Crippen molar-refractivity contribution in [2.45, 2.75) is 123 Å². The van der Waals surface area contributed by atoms with E-state index in [-0.39, 0.29) is 0 Å². The Kier molecular flexibility index (Phi) is 16.3. The summed E-state index contributed by atoms with van der Waals surface area (Å²) in [5, 5.41) is 0. The van der Waals surface area contributed by atoms with Gasteiger partial charge in [-0.15, -0.1) is 0 Å². The van der Waals surface area contributed by atoms with Crippen molar-refractivity contribution < 1.29 is 0 Å². The van der Waals surface area contributed by atoms with Crippen LogP contribution < -0.4 is 5.73 Å². The molecule has 0 aromatic carbocycles. The topological polar surface area (TPSA) is 26.0 Å². The van der Waals surface area contributed by atoms with Crippen LogP contribution in [-0.4, -0.2) is 6.04 Å². The molecule has 0 saturated carbocycles. The SMILES string of the molecule is CCCCCCCCCCCCC(N)C(CC)CCCC. The summed E-state index contributed by atoms with van der Waals surface area (Å²) in [4.78, 5) is 0. The van der Waals surface area contributed by atoms with Crippen molar-refractivity contribution in [1.29, 1.82) is 0 Å². The van der Waals surface area contributed by atoms with Crippen LogP contribution in [0.4, 0.5) is 0 Å². The van der Waals surface area contributed by atoms with E-state index in [2.05, 4.69) is 20.8 Å². The average molecular weight is 298 g/mol. The van der Waals surface area contributed by atoms with Gasteiger partial charge in [0.1, 0.15) is 0 Å². The summed E-state index contributed by atoms with van der Waals surface area (Å²) >= 11 is 0. The van der Waals surface area contributed by atoms with Gasteiger partial charge in [-0.1, -0.05) is 104 Å². The lowest BCUT2D eigenvalue weighted by Gasteiger charge is -2.22. The molecule has 0 spiro atoms. The van der Waals surface area contributed by atoms with Crippen LogP contribution in [0, 0.1) is 5.92 Å². The first-order valence-electron chi connectivity index (χ1n) is 10.0. The molecule has 0 fully saturated rings. The fraction of sp³-hybridized carbons (Fsp3) is 1.00. The van der Waals surface area contributed by atoms with E-state index in [4.69, 9.17) is 5.73 Å². The Hall–Kier alpha value is -0.0400. The van der Waals surface area contributed by atoms with Crippen molar-refractivity contribution in [3.8, 4) is 0 Å². The Morgan fingerprint density at radius 3 is 1.52 bits per heavy atom. The van der Waals surface area contributed by atoms with Crippen molar-refractivity contribution in [2.75, 3.05) is 0 Å². The zero-order chi connectivity index (χ0) is 15.8. The highest BCUT2D eigenvalue weighted by atomic mass is 14.6. The van der Waals surface area contributed by atoms with Crippen LogP contribution in [0.1, 0.15) is 117 Å². The van der Waals surface area contributed by atoms with Gasteiger partial charge in [0.15, 0.2) is 0 Å². The van der Waals surface area contributed by atoms with E-state index in [1.807, 2.05) is 0 Å². The molecule has 0 rings (SSSR count). The normalized spacial score (nSPS) is 14.3. The number of hydrogen-bond donors (Lipinski definition) is 1. The smallest absolute Gasteiger partial charge is 0.00670 e. The fourth-order valence-electron chi connectivity index (χ4n) is 3.29. The minimum Gasteiger partial charge on any atom is -0.327 e. The Morgan fingerprint density at radius 2 is 1.05 bits per heavy atom. The van der Waals surface area contributed by atoms with Gasteiger partial charge in [-0.3, -0.25) is 0 Å². The summed E-state index contributed by atoms with van der Waals surface area (Å²) in [6.45, 7) is 6.87. The lowest BCUT2D eigenvalue weighted by atomic mass is 9.88. The molecular formula is C20H43N. The number of hydrogen-bond acceptors (Lipinski definition) is 1. The predicted octanol–water partition coefficient (Wildman–Crippen LogP) is 6.84. The zero-order valence-corrected chi connectivity index (χ0v) is 15.3. The maximum Gasteiger partial charge on any atom is 0.00670 e. The molecule has 21 heavy (non-hydrogen) atoms. The summed E-state index contributed by atoms with van der Waals surface area (Å²) in [6.07, 6.45) is 20.7. The molecule has 0 aliphatic heterocycles. The fourth-order valence-corrected chi connectivity index (χ4v) is 3.29. The van der Waals surface area contributed by atoms with E-state index >= 15 is 0 Å². The van der Waals surface area contributed by atoms with Crippen molar-refractivity contribution in [3.63, 3.8) is 0 Å². The van der Waals surface area contributed by atoms with Gasteiger partial charge in [0.25, 0.3) is 0 Å². The zero-order valence-electron chi connectivity index (χ0n) is 15.3. The highest BCUT2D eigenvalue weighted by Crippen LogP contribution is 2.20. The minimum absolute atomic E-state index is 0.454. The standard InChI is InChI=1S/C20H43N/c1-4-7-9-10-11-12-13-14-15-16-18-20(21)19(6-3)17-8-5-2/h19-20H,4-18,21H2,1-3H3. The van der Waals surface area contributed by atoms with Crippen molar-refractivity contribution in [3.05, 3.63) is 0 Å². The lowest BCUT2D eigenvalue weighted by molar-refractivity contribution is 0.346. The molecule has 0 bridgehead atoms. The van der Waals surface area contributed by atoms with Gasteiger partial charge in [0.05, 0.1) is 0 Å². The molecule has 0 saturated heterocycles. The highest BCUT2D eigenvalue weighted by Gasteiger charge is 2.14. The quantitative estimate of drug-likeness (QED) is 0.310. The van der Waals surface area contributed by atoms with Gasteiger partial charge in [0, 0.05) is 6.04 Å². The first-order chi connectivity index (χ1) is 10.3. The molecule has 0 heterocycles. The minimum atomic E-state index is 0.454. The molecule has 0 aliphatic carbocycles. The van der Waals surface area contributed by atoms with Crippen LogP contribution in [0.3, 0.4) is 0 Å². The molecule has 0 aromatic rings. The Balaban J connectivity index is 3.36. The third-order valence-electron chi connectivity index (χ3n) is 4.95. The summed E-state index contributed by atoms with van der Waals surface area (Å²) in [5.74, 6) is 0.767. The maximum atomic E-state index is 6.38. The lowest BCUT2D eigenvalue weighted by Crippen LogP contribution is -2.29. The number of rotatable bonds is 16. The van der Waals surface area contributed by atoms with E-state index in [0.29, 0.717) is 6.04 Å². The van der Waals surface area contributed by atoms with Crippen molar-refractivity contribution in [1.82, 2.24) is 0 Å². The summed E-state index contributed by atoms with van der Waals surface area (Å²) in [6, 6.07) is 0.454.